The lowest BCUT2D eigenvalue weighted by Gasteiger charge is -2.29. The van der Waals surface area contributed by atoms with Gasteiger partial charge in [0.2, 0.25) is 0 Å². The number of hydrogen-bond donors (Lipinski definition) is 1. The molecule has 1 N–H and O–H groups in total. The first kappa shape index (κ1) is 22.1. The molecule has 1 aromatic heterocycles. The van der Waals surface area contributed by atoms with Crippen LogP contribution in [0.3, 0.4) is 0 Å². The number of aromatic carboxylic acids is 1. The van der Waals surface area contributed by atoms with E-state index in [2.05, 4.69) is 4.98 Å². The molecule has 1 fully saturated rings. The lowest BCUT2D eigenvalue weighted by atomic mass is 10.0. The largest absolute Gasteiger partial charge is 0.478 e. The summed E-state index contributed by atoms with van der Waals surface area (Å²) >= 11 is 5.28. The minimum atomic E-state index is -4.95. The zero-order chi connectivity index (χ0) is 23.3. The van der Waals surface area contributed by atoms with Crippen molar-refractivity contribution in [2.75, 3.05) is 9.80 Å². The maximum Gasteiger partial charge on any atom is 0.434 e. The molecule has 1 aromatic carbocycles. The number of anilines is 2. The normalized spacial score (nSPS) is 15.9. The highest BCUT2D eigenvalue weighted by Crippen LogP contribution is 2.38. The van der Waals surface area contributed by atoms with Crippen LogP contribution in [-0.4, -0.2) is 32.6 Å². The third-order valence-electron chi connectivity index (χ3n) is 4.61. The molecule has 0 unspecified atom stereocenters. The van der Waals surface area contributed by atoms with Crippen molar-refractivity contribution < 1.29 is 32.3 Å². The number of carboxylic acid groups (broad SMARTS) is 1. The van der Waals surface area contributed by atoms with Gasteiger partial charge < -0.3 is 10.0 Å². The van der Waals surface area contributed by atoms with Gasteiger partial charge in [0.15, 0.2) is 10.8 Å². The second-order valence-corrected chi connectivity index (χ2v) is 7.33. The van der Waals surface area contributed by atoms with Crippen LogP contribution in [0, 0.1) is 17.1 Å². The molecule has 31 heavy (non-hydrogen) atoms. The number of carbonyl (C=O) groups is 2. The second kappa shape index (κ2) is 7.28. The number of hydrogen-bond acceptors (Lipinski definition) is 5. The molecule has 12 heteroatoms. The molecule has 0 spiro atoms. The highest BCUT2D eigenvalue weighted by Gasteiger charge is 2.51. The SMILES string of the molecule is CC1(C)C(=O)N(c2ccc(C#N)c(C(F)(F)F)n2)C(=S)N1c1ccc(C(=O)O)c(F)c1. The molecule has 160 valence electrons. The average molecular weight is 452 g/mol. The summed E-state index contributed by atoms with van der Waals surface area (Å²) in [6.07, 6.45) is -4.95. The number of aromatic nitrogens is 1. The van der Waals surface area contributed by atoms with E-state index >= 15 is 0 Å². The Morgan fingerprint density at radius 3 is 2.42 bits per heavy atom. The molecule has 2 heterocycles. The third kappa shape index (κ3) is 3.57. The summed E-state index contributed by atoms with van der Waals surface area (Å²) in [5, 5.41) is 17.6. The van der Waals surface area contributed by atoms with Crippen LogP contribution in [0.4, 0.5) is 29.1 Å². The topological polar surface area (TPSA) is 97.5 Å². The number of carbonyl (C=O) groups excluding carboxylic acids is 1. The van der Waals surface area contributed by atoms with E-state index in [9.17, 15) is 27.2 Å². The van der Waals surface area contributed by atoms with Crippen LogP contribution in [0.15, 0.2) is 30.3 Å². The van der Waals surface area contributed by atoms with E-state index in [0.717, 1.165) is 29.2 Å². The smallest absolute Gasteiger partial charge is 0.434 e. The van der Waals surface area contributed by atoms with Gasteiger partial charge in [-0.15, -0.1) is 0 Å². The molecular weight excluding hydrogens is 440 g/mol. The number of carboxylic acids is 1. The highest BCUT2D eigenvalue weighted by atomic mass is 32.1. The van der Waals surface area contributed by atoms with Gasteiger partial charge >= 0.3 is 12.1 Å². The Balaban J connectivity index is 2.12. The van der Waals surface area contributed by atoms with Crippen LogP contribution in [0.5, 0.6) is 0 Å². The van der Waals surface area contributed by atoms with E-state index in [-0.39, 0.29) is 10.8 Å². The zero-order valence-electron chi connectivity index (χ0n) is 15.9. The fourth-order valence-corrected chi connectivity index (χ4v) is 3.64. The lowest BCUT2D eigenvalue weighted by molar-refractivity contribution is -0.141. The fraction of sp³-hybridized carbons (Fsp3) is 0.211. The summed E-state index contributed by atoms with van der Waals surface area (Å²) in [5.74, 6) is -3.78. The number of nitriles is 1. The number of benzene rings is 1. The molecule has 2 aromatic rings. The molecule has 1 amide bonds. The molecule has 0 atom stereocenters. The average Bonchev–Trinajstić information content (AvgIpc) is 2.84. The molecule has 0 aliphatic carbocycles. The fourth-order valence-electron chi connectivity index (χ4n) is 3.13. The first-order valence-electron chi connectivity index (χ1n) is 8.50. The number of halogens is 4. The highest BCUT2D eigenvalue weighted by molar-refractivity contribution is 7.81. The van der Waals surface area contributed by atoms with Crippen molar-refractivity contribution in [3.63, 3.8) is 0 Å². The van der Waals surface area contributed by atoms with Crippen molar-refractivity contribution in [1.82, 2.24) is 4.98 Å². The Labute approximate surface area is 178 Å². The summed E-state index contributed by atoms with van der Waals surface area (Å²) in [4.78, 5) is 29.4. The Morgan fingerprint density at radius 1 is 1.26 bits per heavy atom. The third-order valence-corrected chi connectivity index (χ3v) is 4.97. The zero-order valence-corrected chi connectivity index (χ0v) is 16.7. The van der Waals surface area contributed by atoms with Gasteiger partial charge in [-0.2, -0.15) is 18.4 Å². The first-order valence-corrected chi connectivity index (χ1v) is 8.91. The van der Waals surface area contributed by atoms with Gasteiger partial charge in [0, 0.05) is 5.69 Å². The predicted molar refractivity (Wildman–Crippen MR) is 104 cm³/mol. The monoisotopic (exact) mass is 452 g/mol. The van der Waals surface area contributed by atoms with Crippen molar-refractivity contribution in [2.45, 2.75) is 25.6 Å². The van der Waals surface area contributed by atoms with Crippen LogP contribution in [0.25, 0.3) is 0 Å². The van der Waals surface area contributed by atoms with E-state index in [1.165, 1.54) is 30.9 Å². The van der Waals surface area contributed by atoms with Crippen LogP contribution in [-0.2, 0) is 11.0 Å². The number of amides is 1. The molecular formula is C19H12F4N4O3S. The van der Waals surface area contributed by atoms with E-state index < -0.39 is 52.0 Å². The molecule has 1 aliphatic heterocycles. The molecule has 0 saturated carbocycles. The number of pyridine rings is 1. The molecule has 7 nitrogen and oxygen atoms in total. The number of thiocarbonyl (C=S) groups is 1. The Kier molecular flexibility index (Phi) is 5.19. The summed E-state index contributed by atoms with van der Waals surface area (Å²) in [6.45, 7) is 2.83. The van der Waals surface area contributed by atoms with Crippen LogP contribution in [0.1, 0.15) is 35.5 Å². The molecule has 3 rings (SSSR count). The molecule has 1 aliphatic rings. The summed E-state index contributed by atoms with van der Waals surface area (Å²) in [6, 6.07) is 6.39. The van der Waals surface area contributed by atoms with Crippen LogP contribution in [0.2, 0.25) is 0 Å². The Hall–Kier alpha value is -3.59. The van der Waals surface area contributed by atoms with Crippen molar-refractivity contribution in [3.05, 3.63) is 53.0 Å². The standard InChI is InChI=1S/C19H12F4N4O3S/c1-18(2)16(30)26(13-6-3-9(8-24)14(25-13)19(21,22)23)17(31)27(18)10-4-5-11(15(28)29)12(20)7-10/h3-7H,1-2H3,(H,28,29). The quantitative estimate of drug-likeness (QED) is 0.560. The molecule has 0 bridgehead atoms. The predicted octanol–water partition coefficient (Wildman–Crippen LogP) is 3.73. The second-order valence-electron chi connectivity index (χ2n) is 6.96. The van der Waals surface area contributed by atoms with Gasteiger partial charge in [0.1, 0.15) is 23.2 Å². The molecule has 1 saturated heterocycles. The number of alkyl halides is 3. The Bertz CT molecular complexity index is 1170. The van der Waals surface area contributed by atoms with Gasteiger partial charge in [-0.3, -0.25) is 4.79 Å². The van der Waals surface area contributed by atoms with Crippen molar-refractivity contribution >= 4 is 40.7 Å². The maximum absolute atomic E-state index is 14.2. The van der Waals surface area contributed by atoms with Crippen LogP contribution < -0.4 is 9.80 Å². The van der Waals surface area contributed by atoms with E-state index in [1.54, 1.807) is 0 Å². The molecule has 0 radical (unpaired) electrons. The first-order chi connectivity index (χ1) is 14.3. The van der Waals surface area contributed by atoms with Gasteiger partial charge in [0.05, 0.1) is 11.1 Å². The van der Waals surface area contributed by atoms with Gasteiger partial charge in [-0.25, -0.2) is 19.1 Å². The van der Waals surface area contributed by atoms with Gasteiger partial charge in [0.25, 0.3) is 5.91 Å². The minimum absolute atomic E-state index is 0.0260. The summed E-state index contributed by atoms with van der Waals surface area (Å²) in [7, 11) is 0. The van der Waals surface area contributed by atoms with E-state index in [0.29, 0.717) is 0 Å². The van der Waals surface area contributed by atoms with Crippen LogP contribution >= 0.6 is 12.2 Å². The minimum Gasteiger partial charge on any atom is -0.478 e. The maximum atomic E-state index is 14.2. The van der Waals surface area contributed by atoms with Gasteiger partial charge in [-0.1, -0.05) is 0 Å². The van der Waals surface area contributed by atoms with Crippen molar-refractivity contribution in [2.24, 2.45) is 0 Å². The van der Waals surface area contributed by atoms with Gasteiger partial charge in [-0.05, 0) is 56.4 Å². The number of nitrogens with zero attached hydrogens (tertiary/aromatic N) is 4. The summed E-state index contributed by atoms with van der Waals surface area (Å²) < 4.78 is 54.1. The number of rotatable bonds is 3. The lowest BCUT2D eigenvalue weighted by Crippen LogP contribution is -2.44. The van der Waals surface area contributed by atoms with Crippen molar-refractivity contribution in [3.8, 4) is 6.07 Å². The van der Waals surface area contributed by atoms with Crippen molar-refractivity contribution in [1.29, 1.82) is 5.26 Å². The Morgan fingerprint density at radius 2 is 1.90 bits per heavy atom. The van der Waals surface area contributed by atoms with E-state index in [4.69, 9.17) is 22.6 Å². The van der Waals surface area contributed by atoms with E-state index in [1.807, 2.05) is 0 Å². The summed E-state index contributed by atoms with van der Waals surface area (Å²) in [5.41, 5.74) is -4.23.